The smallest absolute Gasteiger partial charge is 0.201 e. The summed E-state index contributed by atoms with van der Waals surface area (Å²) in [4.78, 5) is 4.16. The topological polar surface area (TPSA) is 75.7 Å². The molecule has 1 saturated heterocycles. The fourth-order valence-corrected chi connectivity index (χ4v) is 1.89. The van der Waals surface area contributed by atoms with Gasteiger partial charge in [0.15, 0.2) is 0 Å². The number of pyridine rings is 1. The Bertz CT molecular complexity index is 477. The van der Waals surface area contributed by atoms with Crippen molar-refractivity contribution in [2.45, 2.75) is 18.9 Å². The Morgan fingerprint density at radius 3 is 3.00 bits per heavy atom. The van der Waals surface area contributed by atoms with Crippen molar-refractivity contribution in [3.8, 4) is 5.75 Å². The van der Waals surface area contributed by atoms with Crippen LogP contribution in [0.4, 0.5) is 0 Å². The Morgan fingerprint density at radius 1 is 1.25 bits per heavy atom. The molecule has 2 N–H and O–H groups in total. The third-order valence-corrected chi connectivity index (χ3v) is 2.74. The average molecular weight is 219 g/mol. The number of aromatic nitrogens is 4. The summed E-state index contributed by atoms with van der Waals surface area (Å²) in [6, 6.07) is 1.87. The van der Waals surface area contributed by atoms with E-state index in [9.17, 15) is 0 Å². The standard InChI is InChI=1S/C10H13N5O/c1-3-11-4-2-7(1)16-8-5-9-10(12-6-8)14-15-13-9/h5-7,11H,1-4H2,(H,12,13,14,15). The second-order valence-electron chi connectivity index (χ2n) is 3.90. The van der Waals surface area contributed by atoms with Gasteiger partial charge < -0.3 is 10.1 Å². The highest BCUT2D eigenvalue weighted by Crippen LogP contribution is 2.18. The second-order valence-corrected chi connectivity index (χ2v) is 3.90. The highest BCUT2D eigenvalue weighted by Gasteiger charge is 2.14. The normalized spacial score (nSPS) is 17.8. The van der Waals surface area contributed by atoms with E-state index >= 15 is 0 Å². The first-order valence-corrected chi connectivity index (χ1v) is 5.46. The number of piperidine rings is 1. The zero-order chi connectivity index (χ0) is 10.8. The Labute approximate surface area is 92.4 Å². The molecule has 0 amide bonds. The van der Waals surface area contributed by atoms with Crippen LogP contribution in [0.3, 0.4) is 0 Å². The first kappa shape index (κ1) is 9.53. The zero-order valence-electron chi connectivity index (χ0n) is 8.81. The van der Waals surface area contributed by atoms with E-state index in [0.29, 0.717) is 5.65 Å². The van der Waals surface area contributed by atoms with Crippen LogP contribution in [-0.4, -0.2) is 39.6 Å². The number of nitrogens with one attached hydrogen (secondary N) is 2. The molecule has 3 heterocycles. The molecule has 16 heavy (non-hydrogen) atoms. The highest BCUT2D eigenvalue weighted by molar-refractivity contribution is 5.69. The Hall–Kier alpha value is -1.69. The van der Waals surface area contributed by atoms with E-state index in [1.807, 2.05) is 6.07 Å². The van der Waals surface area contributed by atoms with Crippen molar-refractivity contribution in [3.05, 3.63) is 12.3 Å². The van der Waals surface area contributed by atoms with Crippen LogP contribution in [0.25, 0.3) is 11.2 Å². The van der Waals surface area contributed by atoms with E-state index in [4.69, 9.17) is 4.74 Å². The van der Waals surface area contributed by atoms with E-state index in [0.717, 1.165) is 37.2 Å². The van der Waals surface area contributed by atoms with E-state index in [1.54, 1.807) is 6.20 Å². The number of ether oxygens (including phenoxy) is 1. The molecular formula is C10H13N5O. The third kappa shape index (κ3) is 1.83. The Kier molecular flexibility index (Phi) is 2.41. The number of hydrogen-bond acceptors (Lipinski definition) is 5. The van der Waals surface area contributed by atoms with Crippen LogP contribution >= 0.6 is 0 Å². The van der Waals surface area contributed by atoms with Gasteiger partial charge >= 0.3 is 0 Å². The lowest BCUT2D eigenvalue weighted by molar-refractivity contribution is 0.162. The van der Waals surface area contributed by atoms with Gasteiger partial charge in [0.2, 0.25) is 5.65 Å². The van der Waals surface area contributed by atoms with Gasteiger partial charge in [-0.2, -0.15) is 10.3 Å². The molecule has 3 rings (SSSR count). The summed E-state index contributed by atoms with van der Waals surface area (Å²) in [5.74, 6) is 0.772. The van der Waals surface area contributed by atoms with E-state index < -0.39 is 0 Å². The number of aromatic amines is 1. The number of nitrogens with zero attached hydrogens (tertiary/aromatic N) is 3. The van der Waals surface area contributed by atoms with Crippen LogP contribution in [0.15, 0.2) is 12.3 Å². The molecular weight excluding hydrogens is 206 g/mol. The van der Waals surface area contributed by atoms with E-state index in [-0.39, 0.29) is 6.10 Å². The molecule has 6 heteroatoms. The highest BCUT2D eigenvalue weighted by atomic mass is 16.5. The Morgan fingerprint density at radius 2 is 2.12 bits per heavy atom. The SMILES string of the molecule is c1nc2n[nH]nc2cc1OC1CCNCC1. The number of H-pyrrole nitrogens is 1. The first-order chi connectivity index (χ1) is 7.92. The number of fused-ring (bicyclic) bond motifs is 1. The lowest BCUT2D eigenvalue weighted by atomic mass is 10.1. The summed E-state index contributed by atoms with van der Waals surface area (Å²) in [6.45, 7) is 2.04. The van der Waals surface area contributed by atoms with Crippen LogP contribution in [0.5, 0.6) is 5.75 Å². The molecule has 0 spiro atoms. The third-order valence-electron chi connectivity index (χ3n) is 2.74. The zero-order valence-corrected chi connectivity index (χ0v) is 8.81. The minimum Gasteiger partial charge on any atom is -0.489 e. The van der Waals surface area contributed by atoms with Gasteiger partial charge in [0.1, 0.15) is 17.4 Å². The second kappa shape index (κ2) is 4.05. The molecule has 2 aromatic heterocycles. The maximum Gasteiger partial charge on any atom is 0.201 e. The van der Waals surface area contributed by atoms with Crippen molar-refractivity contribution in [1.82, 2.24) is 25.7 Å². The van der Waals surface area contributed by atoms with Gasteiger partial charge in [-0.05, 0) is 25.9 Å². The van der Waals surface area contributed by atoms with Gasteiger partial charge in [0.05, 0.1) is 6.20 Å². The Balaban J connectivity index is 1.77. The molecule has 1 aliphatic rings. The predicted molar refractivity (Wildman–Crippen MR) is 58.2 cm³/mol. The van der Waals surface area contributed by atoms with Gasteiger partial charge in [-0.3, -0.25) is 0 Å². The van der Waals surface area contributed by atoms with Gasteiger partial charge in [-0.15, -0.1) is 5.10 Å². The minimum absolute atomic E-state index is 0.285. The maximum absolute atomic E-state index is 5.85. The first-order valence-electron chi connectivity index (χ1n) is 5.46. The number of hydrogen-bond donors (Lipinski definition) is 2. The molecule has 84 valence electrons. The van der Waals surface area contributed by atoms with Crippen molar-refractivity contribution in [1.29, 1.82) is 0 Å². The maximum atomic E-state index is 5.85. The van der Waals surface area contributed by atoms with E-state index in [1.165, 1.54) is 0 Å². The monoisotopic (exact) mass is 219 g/mol. The quantitative estimate of drug-likeness (QED) is 0.768. The van der Waals surface area contributed by atoms with Gasteiger partial charge in [-0.1, -0.05) is 0 Å². The van der Waals surface area contributed by atoms with Crippen molar-refractivity contribution < 1.29 is 4.74 Å². The van der Waals surface area contributed by atoms with Crippen LogP contribution < -0.4 is 10.1 Å². The fraction of sp³-hybridized carbons (Fsp3) is 0.500. The largest absolute Gasteiger partial charge is 0.489 e. The molecule has 0 aliphatic carbocycles. The van der Waals surface area contributed by atoms with Crippen LogP contribution in [-0.2, 0) is 0 Å². The fourth-order valence-electron chi connectivity index (χ4n) is 1.89. The molecule has 0 bridgehead atoms. The van der Waals surface area contributed by atoms with Gasteiger partial charge in [0, 0.05) is 6.07 Å². The van der Waals surface area contributed by atoms with Crippen molar-refractivity contribution >= 4 is 11.2 Å². The molecule has 2 aromatic rings. The van der Waals surface area contributed by atoms with Crippen LogP contribution in [0.1, 0.15) is 12.8 Å². The van der Waals surface area contributed by atoms with Gasteiger partial charge in [0.25, 0.3) is 0 Å². The average Bonchev–Trinajstić information content (AvgIpc) is 2.77. The molecule has 0 unspecified atom stereocenters. The van der Waals surface area contributed by atoms with E-state index in [2.05, 4.69) is 25.7 Å². The lowest BCUT2D eigenvalue weighted by Gasteiger charge is -2.23. The molecule has 0 aromatic carbocycles. The number of rotatable bonds is 2. The molecule has 0 saturated carbocycles. The van der Waals surface area contributed by atoms with Crippen LogP contribution in [0, 0.1) is 0 Å². The summed E-state index contributed by atoms with van der Waals surface area (Å²) in [5, 5.41) is 13.7. The summed E-state index contributed by atoms with van der Waals surface area (Å²) in [5.41, 5.74) is 1.36. The summed E-state index contributed by atoms with van der Waals surface area (Å²) >= 11 is 0. The molecule has 1 fully saturated rings. The molecule has 0 atom stereocenters. The van der Waals surface area contributed by atoms with Crippen molar-refractivity contribution in [2.75, 3.05) is 13.1 Å². The van der Waals surface area contributed by atoms with Crippen molar-refractivity contribution in [2.24, 2.45) is 0 Å². The summed E-state index contributed by atoms with van der Waals surface area (Å²) < 4.78 is 5.85. The molecule has 1 aliphatic heterocycles. The molecule has 6 nitrogen and oxygen atoms in total. The predicted octanol–water partition coefficient (Wildman–Crippen LogP) is 0.484. The summed E-state index contributed by atoms with van der Waals surface area (Å²) in [7, 11) is 0. The summed E-state index contributed by atoms with van der Waals surface area (Å²) in [6.07, 6.45) is 4.06. The van der Waals surface area contributed by atoms with Crippen LogP contribution in [0.2, 0.25) is 0 Å². The van der Waals surface area contributed by atoms with Crippen molar-refractivity contribution in [3.63, 3.8) is 0 Å². The minimum atomic E-state index is 0.285. The van der Waals surface area contributed by atoms with Gasteiger partial charge in [-0.25, -0.2) is 4.98 Å². The lowest BCUT2D eigenvalue weighted by Crippen LogP contribution is -2.34. The molecule has 0 radical (unpaired) electrons.